The Morgan fingerprint density at radius 2 is 1.69 bits per heavy atom. The minimum absolute atomic E-state index is 0.0724. The lowest BCUT2D eigenvalue weighted by Gasteiger charge is -2.56. The molecule has 2 N–H and O–H groups in total. The fourth-order valence-electron chi connectivity index (χ4n) is 7.01. The number of hydrogen-bond acceptors (Lipinski definition) is 4. The zero-order valence-electron chi connectivity index (χ0n) is 17.6. The molecule has 6 nitrogen and oxygen atoms in total. The molecule has 1 amide bonds. The van der Waals surface area contributed by atoms with Gasteiger partial charge < -0.3 is 15.0 Å². The number of nitrogens with zero attached hydrogens (tertiary/aromatic N) is 1. The molecule has 29 heavy (non-hydrogen) atoms. The summed E-state index contributed by atoms with van der Waals surface area (Å²) in [7, 11) is 0. The maximum absolute atomic E-state index is 13.0. The van der Waals surface area contributed by atoms with E-state index >= 15 is 0 Å². The van der Waals surface area contributed by atoms with Crippen LogP contribution in [-0.2, 0) is 11.3 Å². The Morgan fingerprint density at radius 3 is 2.24 bits per heavy atom. The first-order valence-electron chi connectivity index (χ1n) is 11.3. The Kier molecular flexibility index (Phi) is 4.82. The second-order valence-corrected chi connectivity index (χ2v) is 10.3. The largest absolute Gasteiger partial charge is 0.373 e. The van der Waals surface area contributed by atoms with Crippen molar-refractivity contribution >= 4 is 5.91 Å². The highest BCUT2D eigenvalue weighted by Crippen LogP contribution is 2.55. The highest BCUT2D eigenvalue weighted by molar-refractivity contribution is 5.94. The van der Waals surface area contributed by atoms with Gasteiger partial charge in [-0.05, 0) is 82.3 Å². The summed E-state index contributed by atoms with van der Waals surface area (Å²) in [5.74, 6) is 2.09. The van der Waals surface area contributed by atoms with E-state index in [2.05, 4.69) is 29.0 Å². The third-order valence-electron chi connectivity index (χ3n) is 7.52. The van der Waals surface area contributed by atoms with Gasteiger partial charge in [0, 0.05) is 30.9 Å². The van der Waals surface area contributed by atoms with Crippen molar-refractivity contribution in [3.63, 3.8) is 0 Å². The van der Waals surface area contributed by atoms with Crippen LogP contribution in [0.3, 0.4) is 0 Å². The van der Waals surface area contributed by atoms with Crippen LogP contribution in [0.2, 0.25) is 0 Å². The van der Waals surface area contributed by atoms with Crippen molar-refractivity contribution in [2.75, 3.05) is 13.1 Å². The number of carbonyl (C=O) groups is 1. The molecule has 158 valence electrons. The molecule has 1 saturated heterocycles. The molecule has 2 atom stereocenters. The highest BCUT2D eigenvalue weighted by atomic mass is 16.5. The molecule has 4 bridgehead atoms. The molecule has 6 rings (SSSR count). The van der Waals surface area contributed by atoms with E-state index in [4.69, 9.17) is 4.74 Å². The van der Waals surface area contributed by atoms with Crippen LogP contribution in [0.4, 0.5) is 0 Å². The maximum Gasteiger partial charge on any atom is 0.261 e. The van der Waals surface area contributed by atoms with E-state index in [0.29, 0.717) is 6.54 Å². The van der Waals surface area contributed by atoms with Crippen molar-refractivity contribution in [2.45, 2.75) is 76.7 Å². The lowest BCUT2D eigenvalue weighted by Crippen LogP contribution is -2.60. The van der Waals surface area contributed by atoms with E-state index in [1.807, 2.05) is 6.07 Å². The fraction of sp³-hybridized carbons (Fsp3) is 0.739. The number of amides is 1. The SMILES string of the molecule is C[C@@H]1CN(Cc2ccc(C(=O)NC34CC5CC(CC(C5)C3)C4)c(=O)[nH]2)C[C@H](C)O1. The van der Waals surface area contributed by atoms with Gasteiger partial charge in [0.1, 0.15) is 5.56 Å². The summed E-state index contributed by atoms with van der Waals surface area (Å²) < 4.78 is 5.78. The summed E-state index contributed by atoms with van der Waals surface area (Å²) in [6, 6.07) is 3.60. The van der Waals surface area contributed by atoms with Gasteiger partial charge in [0.25, 0.3) is 11.5 Å². The first-order chi connectivity index (χ1) is 13.9. The van der Waals surface area contributed by atoms with E-state index in [-0.39, 0.29) is 34.8 Å². The molecule has 6 heteroatoms. The van der Waals surface area contributed by atoms with Crippen molar-refractivity contribution in [3.05, 3.63) is 33.7 Å². The summed E-state index contributed by atoms with van der Waals surface area (Å²) in [5, 5.41) is 3.31. The zero-order chi connectivity index (χ0) is 20.2. The van der Waals surface area contributed by atoms with E-state index in [0.717, 1.165) is 55.8 Å². The lowest BCUT2D eigenvalue weighted by atomic mass is 9.53. The van der Waals surface area contributed by atoms with E-state index < -0.39 is 0 Å². The summed E-state index contributed by atoms with van der Waals surface area (Å²) in [6.45, 7) is 6.51. The molecule has 0 spiro atoms. The Bertz CT molecular complexity index is 803. The molecule has 1 aromatic heterocycles. The van der Waals surface area contributed by atoms with Crippen LogP contribution >= 0.6 is 0 Å². The van der Waals surface area contributed by atoms with Crippen LogP contribution in [-0.4, -0.2) is 46.6 Å². The van der Waals surface area contributed by atoms with E-state index in [1.165, 1.54) is 19.3 Å². The van der Waals surface area contributed by atoms with Crippen LogP contribution in [0.5, 0.6) is 0 Å². The van der Waals surface area contributed by atoms with Gasteiger partial charge in [0.15, 0.2) is 0 Å². The van der Waals surface area contributed by atoms with Crippen molar-refractivity contribution < 1.29 is 9.53 Å². The van der Waals surface area contributed by atoms with Crippen LogP contribution in [0, 0.1) is 17.8 Å². The lowest BCUT2D eigenvalue weighted by molar-refractivity contribution is -0.0707. The quantitative estimate of drug-likeness (QED) is 0.816. The van der Waals surface area contributed by atoms with Crippen molar-refractivity contribution in [2.24, 2.45) is 17.8 Å². The van der Waals surface area contributed by atoms with Gasteiger partial charge in [0.05, 0.1) is 12.2 Å². The van der Waals surface area contributed by atoms with Gasteiger partial charge in [-0.15, -0.1) is 0 Å². The van der Waals surface area contributed by atoms with Gasteiger partial charge in [-0.25, -0.2) is 0 Å². The number of morpholine rings is 1. The standard InChI is InChI=1S/C23H33N3O3/c1-14-11-26(12-15(2)29-14)13-19-3-4-20(21(27)24-19)22(28)25-23-8-16-5-17(9-23)7-18(6-16)10-23/h3-4,14-18H,5-13H2,1-2H3,(H,24,27)(H,25,28)/t14-,15+,16?,17?,18?,23?. The number of rotatable bonds is 4. The Hall–Kier alpha value is -1.66. The monoisotopic (exact) mass is 399 g/mol. The number of hydrogen-bond donors (Lipinski definition) is 2. The van der Waals surface area contributed by atoms with Crippen molar-refractivity contribution in [1.82, 2.24) is 15.2 Å². The average molecular weight is 400 g/mol. The number of carbonyl (C=O) groups excluding carboxylic acids is 1. The first-order valence-corrected chi connectivity index (χ1v) is 11.3. The second-order valence-electron chi connectivity index (χ2n) is 10.3. The van der Waals surface area contributed by atoms with Crippen molar-refractivity contribution in [1.29, 1.82) is 0 Å². The molecule has 4 aliphatic carbocycles. The average Bonchev–Trinajstić information content (AvgIpc) is 2.59. The first kappa shape index (κ1) is 19.3. The number of aromatic amines is 1. The number of H-pyrrole nitrogens is 1. The molecule has 5 aliphatic rings. The summed E-state index contributed by atoms with van der Waals surface area (Å²) in [5.41, 5.74) is 0.742. The Balaban J connectivity index is 1.27. The van der Waals surface area contributed by atoms with Gasteiger partial charge in [-0.3, -0.25) is 14.5 Å². The Morgan fingerprint density at radius 1 is 1.10 bits per heavy atom. The highest BCUT2D eigenvalue weighted by Gasteiger charge is 2.51. The topological polar surface area (TPSA) is 74.4 Å². The summed E-state index contributed by atoms with van der Waals surface area (Å²) >= 11 is 0. The molecule has 5 fully saturated rings. The minimum atomic E-state index is -0.279. The van der Waals surface area contributed by atoms with Crippen LogP contribution in [0.25, 0.3) is 0 Å². The predicted molar refractivity (Wildman–Crippen MR) is 111 cm³/mol. The fourth-order valence-corrected chi connectivity index (χ4v) is 7.01. The van der Waals surface area contributed by atoms with Crippen molar-refractivity contribution in [3.8, 4) is 0 Å². The zero-order valence-corrected chi connectivity index (χ0v) is 17.6. The third kappa shape index (κ3) is 3.89. The molecular weight excluding hydrogens is 366 g/mol. The number of aromatic nitrogens is 1. The van der Waals surface area contributed by atoms with Crippen LogP contribution < -0.4 is 10.9 Å². The molecule has 0 radical (unpaired) electrons. The number of nitrogens with one attached hydrogen (secondary N) is 2. The normalized spacial score (nSPS) is 38.9. The minimum Gasteiger partial charge on any atom is -0.373 e. The molecule has 0 aromatic carbocycles. The van der Waals surface area contributed by atoms with Gasteiger partial charge in [-0.1, -0.05) is 0 Å². The molecule has 0 unspecified atom stereocenters. The second kappa shape index (κ2) is 7.24. The molecule has 2 heterocycles. The van der Waals surface area contributed by atoms with Gasteiger partial charge >= 0.3 is 0 Å². The number of pyridine rings is 1. The van der Waals surface area contributed by atoms with Gasteiger partial charge in [0.2, 0.25) is 0 Å². The van der Waals surface area contributed by atoms with Crippen LogP contribution in [0.15, 0.2) is 16.9 Å². The van der Waals surface area contributed by atoms with E-state index in [9.17, 15) is 9.59 Å². The van der Waals surface area contributed by atoms with E-state index in [1.54, 1.807) is 6.07 Å². The number of ether oxygens (including phenoxy) is 1. The molecule has 1 aromatic rings. The summed E-state index contributed by atoms with van der Waals surface area (Å²) in [4.78, 5) is 30.9. The van der Waals surface area contributed by atoms with Crippen LogP contribution in [0.1, 0.15) is 68.4 Å². The smallest absolute Gasteiger partial charge is 0.261 e. The molecular formula is C23H33N3O3. The maximum atomic E-state index is 13.0. The predicted octanol–water partition coefficient (Wildman–Crippen LogP) is 2.68. The van der Waals surface area contributed by atoms with Gasteiger partial charge in [-0.2, -0.15) is 0 Å². The Labute approximate surface area is 172 Å². The third-order valence-corrected chi connectivity index (χ3v) is 7.52. The molecule has 4 saturated carbocycles. The summed E-state index contributed by atoms with van der Waals surface area (Å²) in [6.07, 6.45) is 7.66. The molecule has 1 aliphatic heterocycles.